The first kappa shape index (κ1) is 16.6. The zero-order valence-corrected chi connectivity index (χ0v) is 14.7. The second kappa shape index (κ2) is 6.44. The van der Waals surface area contributed by atoms with Crippen molar-refractivity contribution in [3.05, 3.63) is 75.5 Å². The van der Waals surface area contributed by atoms with Gasteiger partial charge >= 0.3 is 0 Å². The maximum atomic E-state index is 12.4. The van der Waals surface area contributed by atoms with Crippen LogP contribution in [0.1, 0.15) is 15.9 Å². The lowest BCUT2D eigenvalue weighted by molar-refractivity contribution is 0.104. The molecule has 7 heteroatoms. The van der Waals surface area contributed by atoms with Crippen molar-refractivity contribution in [2.45, 2.75) is 0 Å². The molecule has 1 aromatic heterocycles. The monoisotopic (exact) mass is 383 g/mol. The fourth-order valence-corrected chi connectivity index (χ4v) is 2.98. The van der Waals surface area contributed by atoms with E-state index >= 15 is 0 Å². The first-order valence-corrected chi connectivity index (χ1v) is 8.43. The predicted octanol–water partition coefficient (Wildman–Crippen LogP) is 5.25. The van der Waals surface area contributed by atoms with Gasteiger partial charge in [0.15, 0.2) is 10.9 Å². The Bertz CT molecular complexity index is 1060. The van der Waals surface area contributed by atoms with E-state index in [4.69, 9.17) is 23.2 Å². The van der Waals surface area contributed by atoms with Gasteiger partial charge in [-0.05, 0) is 24.3 Å². The average Bonchev–Trinajstić information content (AvgIpc) is 3.12. The van der Waals surface area contributed by atoms with Crippen molar-refractivity contribution in [2.24, 2.45) is 4.99 Å². The highest BCUT2D eigenvalue weighted by molar-refractivity contribution is 6.40. The number of allylic oxidation sites excluding steroid dienone is 1. The number of benzene rings is 2. The number of carbonyl (C=O) groups excluding carboxylic acids is 1. The number of H-pyrrole nitrogens is 1. The van der Waals surface area contributed by atoms with Crippen LogP contribution in [-0.2, 0) is 0 Å². The second-order valence-electron chi connectivity index (χ2n) is 5.63. The molecule has 128 valence electrons. The van der Waals surface area contributed by atoms with Gasteiger partial charge in [-0.25, -0.2) is 4.98 Å². The summed E-state index contributed by atoms with van der Waals surface area (Å²) < 4.78 is 0. The first-order chi connectivity index (χ1) is 12.5. The predicted molar refractivity (Wildman–Crippen MR) is 103 cm³/mol. The van der Waals surface area contributed by atoms with Crippen LogP contribution < -0.4 is 0 Å². The topological polar surface area (TPSA) is 78.3 Å². The van der Waals surface area contributed by atoms with E-state index in [0.29, 0.717) is 22.6 Å². The molecule has 0 radical (unpaired) electrons. The highest BCUT2D eigenvalue weighted by Crippen LogP contribution is 2.30. The second-order valence-corrected chi connectivity index (χ2v) is 6.37. The number of aromatic nitrogens is 2. The smallest absolute Gasteiger partial charge is 0.199 e. The summed E-state index contributed by atoms with van der Waals surface area (Å²) in [6.45, 7) is 0. The van der Waals surface area contributed by atoms with Crippen LogP contribution in [0.4, 0.5) is 5.69 Å². The van der Waals surface area contributed by atoms with E-state index in [2.05, 4.69) is 15.0 Å². The number of hydrogen-bond acceptors (Lipinski definition) is 4. The molecular weight excluding hydrogens is 373 g/mol. The molecular formula is C19H11Cl2N3O2. The van der Waals surface area contributed by atoms with E-state index in [0.717, 1.165) is 5.56 Å². The van der Waals surface area contributed by atoms with Gasteiger partial charge in [0.1, 0.15) is 16.7 Å². The number of fused-ring (bicyclic) bond motifs is 1. The van der Waals surface area contributed by atoms with E-state index in [1.807, 2.05) is 0 Å². The number of nitrogens with one attached hydrogen (secondary N) is 1. The number of nitrogens with zero attached hydrogens (tertiary/aromatic N) is 2. The number of Topliss-reactive ketones (excluding diaryl/α,β-unsaturated/α-hetero) is 1. The zero-order chi connectivity index (χ0) is 18.3. The van der Waals surface area contributed by atoms with Crippen molar-refractivity contribution in [1.82, 2.24) is 9.97 Å². The number of aromatic amines is 1. The Morgan fingerprint density at radius 2 is 1.73 bits per heavy atom. The third-order valence-corrected chi connectivity index (χ3v) is 4.67. The van der Waals surface area contributed by atoms with Gasteiger partial charge in [-0.15, -0.1) is 0 Å². The number of carbonyl (C=O) groups is 1. The summed E-state index contributed by atoms with van der Waals surface area (Å²) in [7, 11) is 0. The van der Waals surface area contributed by atoms with E-state index in [1.165, 1.54) is 6.21 Å². The number of halogens is 2. The first-order valence-electron chi connectivity index (χ1n) is 7.67. The molecule has 0 spiro atoms. The number of aliphatic hydroxyl groups excluding tert-OH is 1. The van der Waals surface area contributed by atoms with E-state index in [1.54, 1.807) is 48.5 Å². The summed E-state index contributed by atoms with van der Waals surface area (Å²) in [5, 5.41) is 10.7. The van der Waals surface area contributed by atoms with Gasteiger partial charge in [-0.3, -0.25) is 9.79 Å². The molecule has 2 N–H and O–H groups in total. The zero-order valence-electron chi connectivity index (χ0n) is 13.2. The van der Waals surface area contributed by atoms with Crippen molar-refractivity contribution >= 4 is 46.6 Å². The molecule has 1 heterocycles. The summed E-state index contributed by atoms with van der Waals surface area (Å²) in [6.07, 6.45) is 1.38. The molecule has 0 unspecified atom stereocenters. The van der Waals surface area contributed by atoms with E-state index in [9.17, 15) is 9.90 Å². The Labute approximate surface area is 158 Å². The largest absolute Gasteiger partial charge is 0.506 e. The lowest BCUT2D eigenvalue weighted by Crippen LogP contribution is -1.99. The summed E-state index contributed by atoms with van der Waals surface area (Å²) in [6, 6.07) is 14.1. The van der Waals surface area contributed by atoms with Gasteiger partial charge in [0.2, 0.25) is 0 Å². The van der Waals surface area contributed by atoms with Crippen LogP contribution in [0.2, 0.25) is 10.3 Å². The summed E-state index contributed by atoms with van der Waals surface area (Å²) in [5.74, 6) is 0.265. The van der Waals surface area contributed by atoms with Crippen LogP contribution in [-0.4, -0.2) is 27.1 Å². The minimum absolute atomic E-state index is 0.0501. The molecule has 0 saturated heterocycles. The Kier molecular flexibility index (Phi) is 4.11. The van der Waals surface area contributed by atoms with Crippen molar-refractivity contribution in [2.75, 3.05) is 0 Å². The van der Waals surface area contributed by atoms with Gasteiger partial charge in [-0.1, -0.05) is 47.5 Å². The van der Waals surface area contributed by atoms with Crippen molar-refractivity contribution in [1.29, 1.82) is 0 Å². The third-order valence-electron chi connectivity index (χ3n) is 4.03. The maximum Gasteiger partial charge on any atom is 0.199 e. The lowest BCUT2D eigenvalue weighted by Gasteiger charge is -1.98. The Balaban J connectivity index is 1.58. The summed E-state index contributed by atoms with van der Waals surface area (Å²) in [5.41, 5.74) is 2.61. The minimum Gasteiger partial charge on any atom is -0.506 e. The molecule has 0 aliphatic heterocycles. The molecule has 0 saturated carbocycles. The number of aliphatic hydroxyl groups is 1. The van der Waals surface area contributed by atoms with Gasteiger partial charge in [0, 0.05) is 22.9 Å². The minimum atomic E-state index is -0.238. The Morgan fingerprint density at radius 3 is 2.35 bits per heavy atom. The molecule has 5 nitrogen and oxygen atoms in total. The van der Waals surface area contributed by atoms with Gasteiger partial charge in [0.25, 0.3) is 0 Å². The number of aliphatic imine (C=N–C) groups is 1. The molecule has 0 amide bonds. The van der Waals surface area contributed by atoms with Crippen LogP contribution in [0.5, 0.6) is 0 Å². The van der Waals surface area contributed by atoms with Crippen molar-refractivity contribution in [3.63, 3.8) is 0 Å². The van der Waals surface area contributed by atoms with Crippen LogP contribution >= 0.6 is 23.2 Å². The number of rotatable bonds is 3. The number of hydrogen-bond donors (Lipinski definition) is 2. The van der Waals surface area contributed by atoms with Crippen molar-refractivity contribution in [3.8, 4) is 11.4 Å². The molecule has 2 aromatic carbocycles. The van der Waals surface area contributed by atoms with Gasteiger partial charge in [0.05, 0.1) is 11.3 Å². The highest BCUT2D eigenvalue weighted by Gasteiger charge is 2.27. The fourth-order valence-electron chi connectivity index (χ4n) is 2.72. The normalized spacial score (nSPS) is 13.7. The lowest BCUT2D eigenvalue weighted by atomic mass is 10.1. The molecule has 3 aromatic rings. The highest BCUT2D eigenvalue weighted by atomic mass is 35.5. The molecule has 0 bridgehead atoms. The third kappa shape index (κ3) is 2.81. The standard InChI is InChI=1S/C19H11Cl2N3O2/c20-17-18(21)24-19(23-17)10-5-7-11(8-6-10)22-9-14-15(25)12-3-1-2-4-13(12)16(14)26/h1-9,25H,(H,23,24). The molecule has 1 aliphatic rings. The molecule has 0 atom stereocenters. The van der Waals surface area contributed by atoms with Crippen LogP contribution in [0.3, 0.4) is 0 Å². The summed E-state index contributed by atoms with van der Waals surface area (Å²) in [4.78, 5) is 23.6. The fraction of sp³-hybridized carbons (Fsp3) is 0. The van der Waals surface area contributed by atoms with Gasteiger partial charge < -0.3 is 10.1 Å². The Morgan fingerprint density at radius 1 is 1.04 bits per heavy atom. The number of imidazole rings is 1. The SMILES string of the molecule is O=C1C(C=Nc2ccc(-c3nc(Cl)c(Cl)[nH]3)cc2)=C(O)c2ccccc21. The van der Waals surface area contributed by atoms with E-state index < -0.39 is 0 Å². The van der Waals surface area contributed by atoms with Crippen LogP contribution in [0.25, 0.3) is 17.1 Å². The number of ketones is 1. The van der Waals surface area contributed by atoms with Crippen molar-refractivity contribution < 1.29 is 9.90 Å². The average molecular weight is 384 g/mol. The van der Waals surface area contributed by atoms with Crippen LogP contribution in [0.15, 0.2) is 59.1 Å². The molecule has 4 rings (SSSR count). The van der Waals surface area contributed by atoms with E-state index in [-0.39, 0.29) is 27.4 Å². The quantitative estimate of drug-likeness (QED) is 0.606. The molecule has 26 heavy (non-hydrogen) atoms. The van der Waals surface area contributed by atoms with Crippen LogP contribution in [0, 0.1) is 0 Å². The molecule has 0 fully saturated rings. The molecule has 1 aliphatic carbocycles. The summed E-state index contributed by atoms with van der Waals surface area (Å²) >= 11 is 11.7. The maximum absolute atomic E-state index is 12.4. The Hall–Kier alpha value is -2.89. The van der Waals surface area contributed by atoms with Gasteiger partial charge in [-0.2, -0.15) is 0 Å².